The first kappa shape index (κ1) is 21.1. The third kappa shape index (κ3) is 4.63. The Labute approximate surface area is 183 Å². The SMILES string of the molecule is COc1cccc(C2=NN(C(=O)CN(C)C(=O)C3CCCC3)[C@H](c3ccccc3)C2)c1. The molecule has 0 unspecified atom stereocenters. The second-order valence-electron chi connectivity index (χ2n) is 8.32. The minimum Gasteiger partial charge on any atom is -0.497 e. The van der Waals surface area contributed by atoms with Gasteiger partial charge in [-0.1, -0.05) is 55.3 Å². The lowest BCUT2D eigenvalue weighted by Gasteiger charge is -2.26. The number of rotatable bonds is 6. The van der Waals surface area contributed by atoms with Gasteiger partial charge in [0.1, 0.15) is 12.3 Å². The highest BCUT2D eigenvalue weighted by atomic mass is 16.5. The number of likely N-dealkylation sites (N-methyl/N-ethyl adjacent to an activating group) is 1. The predicted octanol–water partition coefficient (Wildman–Crippen LogP) is 4.02. The Kier molecular flexibility index (Phi) is 6.35. The summed E-state index contributed by atoms with van der Waals surface area (Å²) in [5, 5.41) is 6.27. The van der Waals surface area contributed by atoms with Crippen molar-refractivity contribution < 1.29 is 14.3 Å². The normalized spacial score (nSPS) is 18.7. The van der Waals surface area contributed by atoms with E-state index in [1.165, 1.54) is 0 Å². The molecular weight excluding hydrogens is 390 g/mol. The van der Waals surface area contributed by atoms with Crippen molar-refractivity contribution in [1.29, 1.82) is 0 Å². The molecule has 0 saturated heterocycles. The summed E-state index contributed by atoms with van der Waals surface area (Å²) in [5.41, 5.74) is 2.80. The number of nitrogens with zero attached hydrogens (tertiary/aromatic N) is 3. The van der Waals surface area contributed by atoms with Crippen LogP contribution in [0.15, 0.2) is 59.7 Å². The molecule has 1 atom stereocenters. The Bertz CT molecular complexity index is 967. The Morgan fingerprint density at radius 2 is 1.84 bits per heavy atom. The van der Waals surface area contributed by atoms with Crippen LogP contribution in [0.4, 0.5) is 0 Å². The molecule has 162 valence electrons. The number of carbonyl (C=O) groups is 2. The molecule has 2 aromatic rings. The van der Waals surface area contributed by atoms with E-state index in [-0.39, 0.29) is 30.3 Å². The monoisotopic (exact) mass is 419 g/mol. The van der Waals surface area contributed by atoms with Gasteiger partial charge >= 0.3 is 0 Å². The maximum absolute atomic E-state index is 13.3. The van der Waals surface area contributed by atoms with Crippen LogP contribution in [-0.4, -0.2) is 48.1 Å². The van der Waals surface area contributed by atoms with E-state index in [2.05, 4.69) is 0 Å². The number of hydrogen-bond donors (Lipinski definition) is 0. The van der Waals surface area contributed by atoms with Gasteiger partial charge in [0, 0.05) is 24.9 Å². The molecule has 6 nitrogen and oxygen atoms in total. The van der Waals surface area contributed by atoms with E-state index in [4.69, 9.17) is 9.84 Å². The van der Waals surface area contributed by atoms with E-state index in [0.29, 0.717) is 6.42 Å². The number of ether oxygens (including phenoxy) is 1. The maximum atomic E-state index is 13.3. The van der Waals surface area contributed by atoms with E-state index < -0.39 is 0 Å². The van der Waals surface area contributed by atoms with E-state index in [0.717, 1.165) is 48.3 Å². The molecule has 2 amide bonds. The fraction of sp³-hybridized carbons (Fsp3) is 0.400. The largest absolute Gasteiger partial charge is 0.497 e. The van der Waals surface area contributed by atoms with Gasteiger partial charge in [-0.05, 0) is 30.5 Å². The minimum atomic E-state index is -0.190. The molecule has 2 aliphatic rings. The first-order valence-corrected chi connectivity index (χ1v) is 10.9. The zero-order chi connectivity index (χ0) is 21.8. The first-order valence-electron chi connectivity index (χ1n) is 10.9. The first-order chi connectivity index (χ1) is 15.1. The minimum absolute atomic E-state index is 0.0353. The molecule has 0 spiro atoms. The average Bonchev–Trinajstić information content (AvgIpc) is 3.49. The van der Waals surface area contributed by atoms with Crippen molar-refractivity contribution in [3.63, 3.8) is 0 Å². The fourth-order valence-electron chi connectivity index (χ4n) is 4.49. The molecule has 1 saturated carbocycles. The summed E-state index contributed by atoms with van der Waals surface area (Å²) in [6, 6.07) is 17.5. The highest BCUT2D eigenvalue weighted by Crippen LogP contribution is 2.33. The van der Waals surface area contributed by atoms with Crippen LogP contribution in [0, 0.1) is 5.92 Å². The smallest absolute Gasteiger partial charge is 0.262 e. The summed E-state index contributed by atoms with van der Waals surface area (Å²) in [7, 11) is 3.36. The predicted molar refractivity (Wildman–Crippen MR) is 120 cm³/mol. The van der Waals surface area contributed by atoms with Gasteiger partial charge in [-0.15, -0.1) is 0 Å². The van der Waals surface area contributed by atoms with Gasteiger partial charge in [0.2, 0.25) is 5.91 Å². The van der Waals surface area contributed by atoms with Gasteiger partial charge in [0.25, 0.3) is 5.91 Å². The highest BCUT2D eigenvalue weighted by Gasteiger charge is 2.35. The van der Waals surface area contributed by atoms with Crippen LogP contribution in [-0.2, 0) is 9.59 Å². The molecule has 0 bridgehead atoms. The van der Waals surface area contributed by atoms with Crippen LogP contribution in [0.2, 0.25) is 0 Å². The van der Waals surface area contributed by atoms with Gasteiger partial charge in [0.05, 0.1) is 18.9 Å². The van der Waals surface area contributed by atoms with Gasteiger partial charge in [-0.25, -0.2) is 5.01 Å². The summed E-state index contributed by atoms with van der Waals surface area (Å²) < 4.78 is 5.35. The maximum Gasteiger partial charge on any atom is 0.262 e. The van der Waals surface area contributed by atoms with Gasteiger partial charge < -0.3 is 9.64 Å². The van der Waals surface area contributed by atoms with Crippen molar-refractivity contribution in [1.82, 2.24) is 9.91 Å². The highest BCUT2D eigenvalue weighted by molar-refractivity contribution is 6.03. The number of hydrogen-bond acceptors (Lipinski definition) is 4. The van der Waals surface area contributed by atoms with E-state index in [9.17, 15) is 9.59 Å². The molecule has 1 aliphatic carbocycles. The fourth-order valence-corrected chi connectivity index (χ4v) is 4.49. The Morgan fingerprint density at radius 3 is 2.55 bits per heavy atom. The molecule has 1 heterocycles. The topological polar surface area (TPSA) is 62.2 Å². The van der Waals surface area contributed by atoms with Crippen molar-refractivity contribution in [3.8, 4) is 5.75 Å². The van der Waals surface area contributed by atoms with Crippen LogP contribution in [0.3, 0.4) is 0 Å². The summed E-state index contributed by atoms with van der Waals surface area (Å²) in [5.74, 6) is 0.708. The van der Waals surface area contributed by atoms with Gasteiger partial charge in [0.15, 0.2) is 0 Å². The summed E-state index contributed by atoms with van der Waals surface area (Å²) in [6.45, 7) is 0.0353. The van der Waals surface area contributed by atoms with E-state index in [1.54, 1.807) is 24.1 Å². The lowest BCUT2D eigenvalue weighted by Crippen LogP contribution is -2.41. The Balaban J connectivity index is 1.56. The van der Waals surface area contributed by atoms with Crippen LogP contribution in [0.5, 0.6) is 5.75 Å². The Hall–Kier alpha value is -3.15. The quantitative estimate of drug-likeness (QED) is 0.710. The van der Waals surface area contributed by atoms with Crippen LogP contribution >= 0.6 is 0 Å². The number of benzene rings is 2. The third-order valence-electron chi connectivity index (χ3n) is 6.21. The molecule has 1 aliphatic heterocycles. The molecule has 0 aromatic heterocycles. The molecule has 0 radical (unpaired) electrons. The van der Waals surface area contributed by atoms with Crippen molar-refractivity contribution in [2.75, 3.05) is 20.7 Å². The summed E-state index contributed by atoms with van der Waals surface area (Å²) in [4.78, 5) is 27.5. The zero-order valence-corrected chi connectivity index (χ0v) is 18.2. The lowest BCUT2D eigenvalue weighted by atomic mass is 9.98. The lowest BCUT2D eigenvalue weighted by molar-refractivity contribution is -0.142. The number of amides is 2. The third-order valence-corrected chi connectivity index (χ3v) is 6.21. The molecule has 6 heteroatoms. The summed E-state index contributed by atoms with van der Waals surface area (Å²) in [6.07, 6.45) is 4.64. The molecule has 4 rings (SSSR count). The van der Waals surface area contributed by atoms with Crippen molar-refractivity contribution in [3.05, 3.63) is 65.7 Å². The molecule has 2 aromatic carbocycles. The summed E-state index contributed by atoms with van der Waals surface area (Å²) >= 11 is 0. The molecule has 0 N–H and O–H groups in total. The Morgan fingerprint density at radius 1 is 1.10 bits per heavy atom. The van der Waals surface area contributed by atoms with E-state index in [1.807, 2.05) is 54.6 Å². The van der Waals surface area contributed by atoms with Crippen LogP contribution < -0.4 is 4.74 Å². The van der Waals surface area contributed by atoms with Crippen LogP contribution in [0.1, 0.15) is 49.3 Å². The standard InChI is InChI=1S/C25H29N3O3/c1-27(25(30)19-11-6-7-12-19)17-24(29)28-23(18-9-4-3-5-10-18)16-22(26-28)20-13-8-14-21(15-20)31-2/h3-5,8-10,13-15,19,23H,6-7,11-12,16-17H2,1-2H3/t23-/m0/s1. The van der Waals surface area contributed by atoms with E-state index >= 15 is 0 Å². The number of methoxy groups -OCH3 is 1. The van der Waals surface area contributed by atoms with Crippen molar-refractivity contribution in [2.24, 2.45) is 11.0 Å². The molecular formula is C25H29N3O3. The van der Waals surface area contributed by atoms with Crippen molar-refractivity contribution in [2.45, 2.75) is 38.1 Å². The van der Waals surface area contributed by atoms with Crippen LogP contribution in [0.25, 0.3) is 0 Å². The van der Waals surface area contributed by atoms with Gasteiger partial charge in [-0.3, -0.25) is 9.59 Å². The zero-order valence-electron chi connectivity index (χ0n) is 18.2. The van der Waals surface area contributed by atoms with Gasteiger partial charge in [-0.2, -0.15) is 5.10 Å². The molecule has 1 fully saturated rings. The van der Waals surface area contributed by atoms with Crippen molar-refractivity contribution >= 4 is 17.5 Å². The number of hydrazone groups is 1. The second kappa shape index (κ2) is 9.33. The molecule has 31 heavy (non-hydrogen) atoms. The second-order valence-corrected chi connectivity index (χ2v) is 8.32. The number of carbonyl (C=O) groups excluding carboxylic acids is 2. The average molecular weight is 420 g/mol.